The Bertz CT molecular complexity index is 882. The molecule has 0 spiro atoms. The molecule has 0 radical (unpaired) electrons. The molecule has 1 atom stereocenters. The molecule has 136 valence electrons. The smallest absolute Gasteiger partial charge is 0.310 e. The fraction of sp³-hybridized carbons (Fsp3) is 0.381. The molecule has 1 aliphatic rings. The zero-order valence-corrected chi connectivity index (χ0v) is 15.1. The molecule has 2 aromatic heterocycles. The van der Waals surface area contributed by atoms with E-state index in [-0.39, 0.29) is 11.9 Å². The summed E-state index contributed by atoms with van der Waals surface area (Å²) in [6.45, 7) is 4.84. The van der Waals surface area contributed by atoms with Gasteiger partial charge in [-0.3, -0.25) is 14.3 Å². The lowest BCUT2D eigenvalue weighted by Gasteiger charge is -2.31. The molecule has 1 unspecified atom stereocenters. The summed E-state index contributed by atoms with van der Waals surface area (Å²) in [6, 6.07) is 14.4. The largest absolute Gasteiger partial charge is 0.466 e. The number of ether oxygens (including phenoxy) is 1. The lowest BCUT2D eigenvalue weighted by atomic mass is 9.98. The number of hydrogen-bond acceptors (Lipinski definition) is 4. The Balaban J connectivity index is 1.61. The van der Waals surface area contributed by atoms with Crippen LogP contribution in [-0.4, -0.2) is 35.1 Å². The molecule has 1 aromatic carbocycles. The van der Waals surface area contributed by atoms with Gasteiger partial charge in [0.05, 0.1) is 24.3 Å². The summed E-state index contributed by atoms with van der Waals surface area (Å²) < 4.78 is 13.1. The molecule has 1 fully saturated rings. The summed E-state index contributed by atoms with van der Waals surface area (Å²) in [5.41, 5.74) is 2.31. The van der Waals surface area contributed by atoms with Crippen LogP contribution in [0.1, 0.15) is 25.5 Å². The van der Waals surface area contributed by atoms with E-state index < -0.39 is 0 Å². The molecule has 3 heterocycles. The SMILES string of the molecule is CCOC(=O)C1CCCN(Cc2cc3ccccc3n2-c2ccco2)C1. The molecule has 1 aliphatic heterocycles. The van der Waals surface area contributed by atoms with Gasteiger partial charge in [0, 0.05) is 30.2 Å². The van der Waals surface area contributed by atoms with E-state index in [1.54, 1.807) is 6.26 Å². The van der Waals surface area contributed by atoms with Crippen LogP contribution in [0.4, 0.5) is 0 Å². The van der Waals surface area contributed by atoms with Crippen LogP contribution in [0.2, 0.25) is 0 Å². The third-order valence-electron chi connectivity index (χ3n) is 5.02. The molecule has 0 aliphatic carbocycles. The summed E-state index contributed by atoms with van der Waals surface area (Å²) in [5.74, 6) is 0.731. The van der Waals surface area contributed by atoms with E-state index in [2.05, 4.69) is 33.7 Å². The number of carbonyl (C=O) groups excluding carboxylic acids is 1. The highest BCUT2D eigenvalue weighted by atomic mass is 16.5. The molecular formula is C21H24N2O3. The van der Waals surface area contributed by atoms with Gasteiger partial charge in [-0.1, -0.05) is 18.2 Å². The predicted molar refractivity (Wildman–Crippen MR) is 100 cm³/mol. The van der Waals surface area contributed by atoms with Crippen LogP contribution in [0, 0.1) is 5.92 Å². The van der Waals surface area contributed by atoms with Crippen LogP contribution in [0.25, 0.3) is 16.8 Å². The van der Waals surface area contributed by atoms with Crippen LogP contribution < -0.4 is 0 Å². The fourth-order valence-electron chi connectivity index (χ4n) is 3.87. The van der Waals surface area contributed by atoms with Crippen molar-refractivity contribution in [3.8, 4) is 5.88 Å². The lowest BCUT2D eigenvalue weighted by molar-refractivity contribution is -0.150. The molecule has 5 nitrogen and oxygen atoms in total. The third kappa shape index (κ3) is 3.27. The van der Waals surface area contributed by atoms with E-state index >= 15 is 0 Å². The van der Waals surface area contributed by atoms with Gasteiger partial charge >= 0.3 is 5.97 Å². The van der Waals surface area contributed by atoms with Gasteiger partial charge in [0.2, 0.25) is 5.88 Å². The predicted octanol–water partition coefficient (Wildman–Crippen LogP) is 4.00. The molecule has 0 bridgehead atoms. The summed E-state index contributed by atoms with van der Waals surface area (Å²) >= 11 is 0. The maximum Gasteiger partial charge on any atom is 0.310 e. The number of carbonyl (C=O) groups is 1. The van der Waals surface area contributed by atoms with E-state index in [1.807, 2.05) is 25.1 Å². The van der Waals surface area contributed by atoms with Crippen molar-refractivity contribution in [3.63, 3.8) is 0 Å². The number of fused-ring (bicyclic) bond motifs is 1. The molecule has 0 saturated carbocycles. The van der Waals surface area contributed by atoms with Crippen molar-refractivity contribution < 1.29 is 13.9 Å². The molecule has 26 heavy (non-hydrogen) atoms. The molecule has 3 aromatic rings. The number of rotatable bonds is 5. The first-order valence-electron chi connectivity index (χ1n) is 9.28. The third-order valence-corrected chi connectivity index (χ3v) is 5.02. The van der Waals surface area contributed by atoms with Gasteiger partial charge in [-0.2, -0.15) is 0 Å². The summed E-state index contributed by atoms with van der Waals surface area (Å²) in [5, 5.41) is 1.19. The molecule has 0 N–H and O–H groups in total. The first-order valence-corrected chi connectivity index (χ1v) is 9.28. The van der Waals surface area contributed by atoms with Crippen LogP contribution in [0.15, 0.2) is 53.1 Å². The van der Waals surface area contributed by atoms with Gasteiger partial charge in [0.25, 0.3) is 0 Å². The van der Waals surface area contributed by atoms with Gasteiger partial charge in [-0.25, -0.2) is 0 Å². The topological polar surface area (TPSA) is 47.6 Å². The highest BCUT2D eigenvalue weighted by Crippen LogP contribution is 2.27. The molecule has 4 rings (SSSR count). The van der Waals surface area contributed by atoms with Gasteiger partial charge in [0.15, 0.2) is 0 Å². The average molecular weight is 352 g/mol. The maximum absolute atomic E-state index is 12.1. The van der Waals surface area contributed by atoms with E-state index in [9.17, 15) is 4.79 Å². The Kier molecular flexibility index (Phi) is 4.80. The van der Waals surface area contributed by atoms with E-state index in [1.165, 1.54) is 11.1 Å². The highest BCUT2D eigenvalue weighted by Gasteiger charge is 2.27. The van der Waals surface area contributed by atoms with Crippen LogP contribution in [0.3, 0.4) is 0 Å². The number of aromatic nitrogens is 1. The first-order chi connectivity index (χ1) is 12.8. The van der Waals surface area contributed by atoms with Crippen molar-refractivity contribution in [3.05, 3.63) is 54.4 Å². The van der Waals surface area contributed by atoms with Crippen molar-refractivity contribution in [1.82, 2.24) is 9.47 Å². The number of piperidine rings is 1. The number of furan rings is 1. The number of para-hydroxylation sites is 1. The van der Waals surface area contributed by atoms with Crippen molar-refractivity contribution >= 4 is 16.9 Å². The Hall–Kier alpha value is -2.53. The Labute approximate surface area is 153 Å². The van der Waals surface area contributed by atoms with Crippen molar-refractivity contribution in [1.29, 1.82) is 0 Å². The van der Waals surface area contributed by atoms with Gasteiger partial charge in [-0.15, -0.1) is 0 Å². The molecule has 5 heteroatoms. The summed E-state index contributed by atoms with van der Waals surface area (Å²) in [4.78, 5) is 14.5. The number of benzene rings is 1. The minimum atomic E-state index is -0.0659. The van der Waals surface area contributed by atoms with Gasteiger partial charge < -0.3 is 9.15 Å². The summed E-state index contributed by atoms with van der Waals surface area (Å²) in [7, 11) is 0. The zero-order valence-electron chi connectivity index (χ0n) is 15.1. The van der Waals surface area contributed by atoms with Crippen molar-refractivity contribution in [2.24, 2.45) is 5.92 Å². The second-order valence-corrected chi connectivity index (χ2v) is 6.81. The number of likely N-dealkylation sites (tertiary alicyclic amines) is 1. The van der Waals surface area contributed by atoms with Crippen molar-refractivity contribution in [2.75, 3.05) is 19.7 Å². The second-order valence-electron chi connectivity index (χ2n) is 6.81. The number of esters is 1. The Morgan fingerprint density at radius 1 is 1.27 bits per heavy atom. The molecular weight excluding hydrogens is 328 g/mol. The Morgan fingerprint density at radius 3 is 2.96 bits per heavy atom. The first kappa shape index (κ1) is 16.9. The van der Waals surface area contributed by atoms with Gasteiger partial charge in [0.1, 0.15) is 0 Å². The van der Waals surface area contributed by atoms with Crippen LogP contribution in [-0.2, 0) is 16.1 Å². The summed E-state index contributed by atoms with van der Waals surface area (Å²) in [6.07, 6.45) is 3.63. The minimum absolute atomic E-state index is 0.0230. The normalized spacial score (nSPS) is 18.3. The quantitative estimate of drug-likeness (QED) is 0.651. The second kappa shape index (κ2) is 7.38. The van der Waals surface area contributed by atoms with Gasteiger partial charge in [-0.05, 0) is 44.5 Å². The number of hydrogen-bond donors (Lipinski definition) is 0. The standard InChI is InChI=1S/C21H24N2O3/c1-2-25-21(24)17-8-5-11-22(14-17)15-18-13-16-7-3-4-9-19(16)23(18)20-10-6-12-26-20/h3-4,6-7,9-10,12-13,17H,2,5,8,11,14-15H2,1H3. The maximum atomic E-state index is 12.1. The van der Waals surface area contributed by atoms with Crippen molar-refractivity contribution in [2.45, 2.75) is 26.3 Å². The lowest BCUT2D eigenvalue weighted by Crippen LogP contribution is -2.39. The zero-order chi connectivity index (χ0) is 17.9. The molecule has 1 saturated heterocycles. The number of nitrogens with zero attached hydrogens (tertiary/aromatic N) is 2. The monoisotopic (exact) mass is 352 g/mol. The van der Waals surface area contributed by atoms with Crippen LogP contribution >= 0.6 is 0 Å². The average Bonchev–Trinajstić information content (AvgIpc) is 3.29. The van der Waals surface area contributed by atoms with E-state index in [0.717, 1.165) is 43.9 Å². The molecule has 0 amide bonds. The Morgan fingerprint density at radius 2 is 2.15 bits per heavy atom. The van der Waals surface area contributed by atoms with E-state index in [0.29, 0.717) is 6.61 Å². The minimum Gasteiger partial charge on any atom is -0.466 e. The fourth-order valence-corrected chi connectivity index (χ4v) is 3.87. The highest BCUT2D eigenvalue weighted by molar-refractivity contribution is 5.82. The van der Waals surface area contributed by atoms with E-state index in [4.69, 9.17) is 9.15 Å². The van der Waals surface area contributed by atoms with Crippen LogP contribution in [0.5, 0.6) is 0 Å².